The summed E-state index contributed by atoms with van der Waals surface area (Å²) < 4.78 is 5.43. The molecule has 5 heteroatoms. The molecule has 0 radical (unpaired) electrons. The highest BCUT2D eigenvalue weighted by Crippen LogP contribution is 2.19. The number of halogens is 2. The van der Waals surface area contributed by atoms with Gasteiger partial charge in [-0.15, -0.1) is 0 Å². The van der Waals surface area contributed by atoms with Crippen LogP contribution in [0.5, 0.6) is 5.75 Å². The highest BCUT2D eigenvalue weighted by atomic mass is 35.5. The Morgan fingerprint density at radius 1 is 1.00 bits per heavy atom. The Kier molecular flexibility index (Phi) is 8.43. The molecule has 0 spiro atoms. The fraction of sp³-hybridized carbons (Fsp3) is 0.455. The Labute approximate surface area is 175 Å². The molecule has 1 saturated heterocycles. The summed E-state index contributed by atoms with van der Waals surface area (Å²) in [7, 11) is 1.77. The lowest BCUT2D eigenvalue weighted by molar-refractivity contribution is -0.998. The number of methoxy groups -OCH3 is 1. The van der Waals surface area contributed by atoms with Crippen molar-refractivity contribution < 1.29 is 39.4 Å². The smallest absolute Gasteiger partial charge is 0.137 e. The van der Waals surface area contributed by atoms with Crippen molar-refractivity contribution in [2.24, 2.45) is 0 Å². The summed E-state index contributed by atoms with van der Waals surface area (Å²) in [5, 5.41) is 0. The monoisotopic (exact) mass is 408 g/mol. The third kappa shape index (κ3) is 5.39. The van der Waals surface area contributed by atoms with Crippen LogP contribution in [0.4, 0.5) is 0 Å². The minimum Gasteiger partial charge on any atom is -1.00 e. The molecule has 0 aromatic heterocycles. The number of benzene rings is 2. The zero-order valence-electron chi connectivity index (χ0n) is 16.0. The predicted octanol–water partition coefficient (Wildman–Crippen LogP) is -5.11. The topological polar surface area (TPSA) is 18.1 Å². The van der Waals surface area contributed by atoms with Gasteiger partial charge in [0.05, 0.1) is 20.2 Å². The van der Waals surface area contributed by atoms with Crippen molar-refractivity contribution in [2.75, 3.05) is 26.7 Å². The summed E-state index contributed by atoms with van der Waals surface area (Å²) in [6.07, 6.45) is 3.95. The molecule has 2 heterocycles. The molecule has 2 aliphatic rings. The zero-order chi connectivity index (χ0) is 17.1. The fourth-order valence-corrected chi connectivity index (χ4v) is 4.66. The van der Waals surface area contributed by atoms with Crippen molar-refractivity contribution in [1.29, 1.82) is 0 Å². The fourth-order valence-electron chi connectivity index (χ4n) is 4.66. The van der Waals surface area contributed by atoms with Crippen LogP contribution in [-0.4, -0.2) is 32.8 Å². The number of rotatable bonds is 4. The molecule has 4 rings (SSSR count). The molecule has 0 aliphatic carbocycles. The second kappa shape index (κ2) is 10.3. The van der Waals surface area contributed by atoms with E-state index in [0.29, 0.717) is 0 Å². The van der Waals surface area contributed by atoms with E-state index in [1.165, 1.54) is 62.1 Å². The van der Waals surface area contributed by atoms with Crippen molar-refractivity contribution in [1.82, 2.24) is 0 Å². The van der Waals surface area contributed by atoms with Crippen molar-refractivity contribution in [2.45, 2.75) is 38.4 Å². The first-order valence-corrected chi connectivity index (χ1v) is 9.69. The van der Waals surface area contributed by atoms with E-state index in [9.17, 15) is 0 Å². The van der Waals surface area contributed by atoms with Gasteiger partial charge in [0.15, 0.2) is 0 Å². The van der Waals surface area contributed by atoms with Crippen LogP contribution in [0.1, 0.15) is 29.5 Å². The molecule has 2 N–H and O–H groups in total. The van der Waals surface area contributed by atoms with Crippen molar-refractivity contribution in [3.63, 3.8) is 0 Å². The summed E-state index contributed by atoms with van der Waals surface area (Å²) >= 11 is 0. The number of quaternary nitrogens is 2. The molecule has 27 heavy (non-hydrogen) atoms. The van der Waals surface area contributed by atoms with Crippen LogP contribution in [-0.2, 0) is 19.5 Å². The molecular weight excluding hydrogens is 379 g/mol. The van der Waals surface area contributed by atoms with Gasteiger partial charge in [0, 0.05) is 30.4 Å². The molecule has 2 aromatic rings. The lowest BCUT2D eigenvalue weighted by Crippen LogP contribution is -3.24. The third-order valence-corrected chi connectivity index (χ3v) is 6.04. The van der Waals surface area contributed by atoms with E-state index >= 15 is 0 Å². The highest BCUT2D eigenvalue weighted by molar-refractivity contribution is 5.36. The maximum absolute atomic E-state index is 5.43. The van der Waals surface area contributed by atoms with E-state index < -0.39 is 0 Å². The summed E-state index contributed by atoms with van der Waals surface area (Å²) in [4.78, 5) is 3.54. The first-order chi connectivity index (χ1) is 12.3. The Morgan fingerprint density at radius 3 is 2.59 bits per heavy atom. The van der Waals surface area contributed by atoms with Gasteiger partial charge in [0.1, 0.15) is 31.4 Å². The predicted molar refractivity (Wildman–Crippen MR) is 100 cm³/mol. The normalized spacial score (nSPS) is 24.1. The Morgan fingerprint density at radius 2 is 1.81 bits per heavy atom. The number of fused-ring (bicyclic) bond motifs is 1. The molecular formula is C22H30Cl2N2O. The molecule has 3 atom stereocenters. The largest absolute Gasteiger partial charge is 1.00 e. The summed E-state index contributed by atoms with van der Waals surface area (Å²) in [5.74, 6) is 1.000. The van der Waals surface area contributed by atoms with Crippen LogP contribution in [0, 0.1) is 0 Å². The van der Waals surface area contributed by atoms with E-state index in [-0.39, 0.29) is 24.8 Å². The first kappa shape index (κ1) is 22.0. The van der Waals surface area contributed by atoms with E-state index in [2.05, 4.69) is 48.5 Å². The molecule has 2 aliphatic heterocycles. The standard InChI is InChI=1S/C22H28N2O.2ClH/c1-25-22-10-9-19-11-13-24(16-20(19)14-22)21-8-5-12-23(17-21)15-18-6-3-2-4-7-18;;/h2-4,6-7,9-10,14,21H,5,8,11-13,15-17H2,1H3;2*1H. The minimum absolute atomic E-state index is 0. The van der Waals surface area contributed by atoms with Gasteiger partial charge in [-0.2, -0.15) is 0 Å². The Hall–Kier alpha value is -1.26. The molecule has 148 valence electrons. The van der Waals surface area contributed by atoms with Crippen molar-refractivity contribution >= 4 is 0 Å². The number of hydrogen-bond donors (Lipinski definition) is 2. The Bertz CT molecular complexity index is 711. The molecule has 1 fully saturated rings. The summed E-state index contributed by atoms with van der Waals surface area (Å²) in [6.45, 7) is 6.25. The van der Waals surface area contributed by atoms with Crippen LogP contribution in [0.25, 0.3) is 0 Å². The average molecular weight is 409 g/mol. The van der Waals surface area contributed by atoms with Gasteiger partial charge < -0.3 is 39.4 Å². The number of nitrogens with one attached hydrogen (secondary N) is 2. The molecule has 0 bridgehead atoms. The highest BCUT2D eigenvalue weighted by Gasteiger charge is 2.33. The molecule has 3 nitrogen and oxygen atoms in total. The number of ether oxygens (including phenoxy) is 1. The van der Waals surface area contributed by atoms with Crippen LogP contribution in [0.15, 0.2) is 48.5 Å². The van der Waals surface area contributed by atoms with Crippen LogP contribution in [0.2, 0.25) is 0 Å². The summed E-state index contributed by atoms with van der Waals surface area (Å²) in [6, 6.07) is 18.4. The number of hydrogen-bond acceptors (Lipinski definition) is 1. The van der Waals surface area contributed by atoms with E-state index in [1.54, 1.807) is 16.9 Å². The van der Waals surface area contributed by atoms with Gasteiger partial charge in [-0.3, -0.25) is 0 Å². The van der Waals surface area contributed by atoms with E-state index in [4.69, 9.17) is 4.74 Å². The molecule has 0 saturated carbocycles. The quantitative estimate of drug-likeness (QED) is 0.517. The number of likely N-dealkylation sites (tertiary alicyclic amines) is 1. The second-order valence-electron chi connectivity index (χ2n) is 7.68. The average Bonchev–Trinajstić information content (AvgIpc) is 2.68. The van der Waals surface area contributed by atoms with Crippen molar-refractivity contribution in [3.05, 3.63) is 65.2 Å². The zero-order valence-corrected chi connectivity index (χ0v) is 17.5. The minimum atomic E-state index is 0. The SMILES string of the molecule is COc1ccc2c(c1)C[NH+](C1CCC[NH+](Cc3ccccc3)C1)CC2.[Cl-].[Cl-]. The lowest BCUT2D eigenvalue weighted by Gasteiger charge is -2.37. The van der Waals surface area contributed by atoms with E-state index in [0.717, 1.165) is 18.3 Å². The Balaban J connectivity index is 0.00000131. The lowest BCUT2D eigenvalue weighted by atomic mass is 9.95. The number of piperidine rings is 1. The van der Waals surface area contributed by atoms with Gasteiger partial charge in [0.2, 0.25) is 0 Å². The van der Waals surface area contributed by atoms with Gasteiger partial charge in [-0.25, -0.2) is 0 Å². The van der Waals surface area contributed by atoms with Crippen LogP contribution >= 0.6 is 0 Å². The second-order valence-corrected chi connectivity index (χ2v) is 7.68. The summed E-state index contributed by atoms with van der Waals surface area (Å²) in [5.41, 5.74) is 4.49. The van der Waals surface area contributed by atoms with E-state index in [1.807, 2.05) is 0 Å². The molecule has 3 unspecified atom stereocenters. The molecule has 0 amide bonds. The van der Waals surface area contributed by atoms with Gasteiger partial charge in [-0.05, 0) is 17.7 Å². The maximum atomic E-state index is 5.43. The van der Waals surface area contributed by atoms with Crippen LogP contribution < -0.4 is 39.4 Å². The maximum Gasteiger partial charge on any atom is 0.137 e. The van der Waals surface area contributed by atoms with Gasteiger partial charge in [-0.1, -0.05) is 36.4 Å². The van der Waals surface area contributed by atoms with Gasteiger partial charge in [0.25, 0.3) is 0 Å². The first-order valence-electron chi connectivity index (χ1n) is 9.69. The third-order valence-electron chi connectivity index (χ3n) is 6.04. The van der Waals surface area contributed by atoms with Gasteiger partial charge >= 0.3 is 0 Å². The molecule has 2 aromatic carbocycles. The van der Waals surface area contributed by atoms with Crippen molar-refractivity contribution in [3.8, 4) is 5.75 Å². The van der Waals surface area contributed by atoms with Crippen LogP contribution in [0.3, 0.4) is 0 Å².